The highest BCUT2D eigenvalue weighted by Crippen LogP contribution is 2.15. The number of nitrogens with two attached hydrogens (primary N) is 1. The van der Waals surface area contributed by atoms with Crippen molar-refractivity contribution in [2.75, 3.05) is 12.4 Å². The van der Waals surface area contributed by atoms with E-state index in [0.717, 1.165) is 5.56 Å². The van der Waals surface area contributed by atoms with Crippen LogP contribution in [0.25, 0.3) is 0 Å². The number of hydrogen-bond acceptors (Lipinski definition) is 3. The Kier molecular flexibility index (Phi) is 3.28. The summed E-state index contributed by atoms with van der Waals surface area (Å²) in [6.45, 7) is 1.78. The number of ether oxygens (including phenoxy) is 1. The minimum atomic E-state index is -0.672. The van der Waals surface area contributed by atoms with Gasteiger partial charge in [-0.3, -0.25) is 0 Å². The highest BCUT2D eigenvalue weighted by molar-refractivity contribution is 5.94. The summed E-state index contributed by atoms with van der Waals surface area (Å²) in [5, 5.41) is 2.38. The number of aryl methyl sites for hydroxylation is 1. The lowest BCUT2D eigenvalue weighted by molar-refractivity contribution is 0.0600. The number of amides is 2. The Morgan fingerprint density at radius 3 is 2.60 bits per heavy atom. The lowest BCUT2D eigenvalue weighted by Crippen LogP contribution is -2.19. The third-order valence-electron chi connectivity index (χ3n) is 1.91. The van der Waals surface area contributed by atoms with E-state index in [2.05, 4.69) is 10.1 Å². The zero-order chi connectivity index (χ0) is 11.4. The van der Waals surface area contributed by atoms with Crippen molar-refractivity contribution >= 4 is 17.7 Å². The van der Waals surface area contributed by atoms with Gasteiger partial charge >= 0.3 is 12.0 Å². The molecule has 1 aromatic carbocycles. The first kappa shape index (κ1) is 11.0. The van der Waals surface area contributed by atoms with Crippen LogP contribution < -0.4 is 11.1 Å². The normalized spacial score (nSPS) is 9.47. The maximum atomic E-state index is 11.3. The third-order valence-corrected chi connectivity index (χ3v) is 1.91. The van der Waals surface area contributed by atoms with Gasteiger partial charge in [0.2, 0.25) is 0 Å². The van der Waals surface area contributed by atoms with Crippen LogP contribution in [0.15, 0.2) is 18.2 Å². The number of urea groups is 1. The van der Waals surface area contributed by atoms with E-state index in [1.54, 1.807) is 19.1 Å². The summed E-state index contributed by atoms with van der Waals surface area (Å²) in [4.78, 5) is 21.9. The number of esters is 1. The van der Waals surface area contributed by atoms with E-state index < -0.39 is 12.0 Å². The molecule has 0 aliphatic rings. The number of primary amides is 1. The number of carbonyl (C=O) groups is 2. The largest absolute Gasteiger partial charge is 0.465 e. The van der Waals surface area contributed by atoms with Gasteiger partial charge in [-0.1, -0.05) is 6.07 Å². The minimum absolute atomic E-state index is 0.406. The highest BCUT2D eigenvalue weighted by Gasteiger charge is 2.10. The second-order valence-corrected chi connectivity index (χ2v) is 3.01. The minimum Gasteiger partial charge on any atom is -0.465 e. The number of carbonyl (C=O) groups excluding carboxylic acids is 2. The number of nitrogens with one attached hydrogen (secondary N) is 1. The molecule has 0 spiro atoms. The molecule has 0 aliphatic carbocycles. The number of methoxy groups -OCH3 is 1. The van der Waals surface area contributed by atoms with Crippen LogP contribution in [0.2, 0.25) is 0 Å². The summed E-state index contributed by atoms with van der Waals surface area (Å²) >= 11 is 0. The molecular weight excluding hydrogens is 196 g/mol. The predicted octanol–water partition coefficient (Wildman–Crippen LogP) is 1.27. The first-order chi connectivity index (χ1) is 7.04. The second-order valence-electron chi connectivity index (χ2n) is 3.01. The molecule has 0 saturated carbocycles. The van der Waals surface area contributed by atoms with Crippen molar-refractivity contribution in [3.05, 3.63) is 29.3 Å². The topological polar surface area (TPSA) is 81.4 Å². The highest BCUT2D eigenvalue weighted by atomic mass is 16.5. The lowest BCUT2D eigenvalue weighted by Gasteiger charge is -2.07. The maximum absolute atomic E-state index is 11.3. The van der Waals surface area contributed by atoms with Crippen LogP contribution in [-0.2, 0) is 4.74 Å². The summed E-state index contributed by atoms with van der Waals surface area (Å²) in [5.74, 6) is -0.444. The van der Waals surface area contributed by atoms with Gasteiger partial charge in [-0.05, 0) is 24.6 Å². The average molecular weight is 208 g/mol. The molecule has 0 fully saturated rings. The molecule has 0 saturated heterocycles. The summed E-state index contributed by atoms with van der Waals surface area (Å²) in [7, 11) is 1.30. The quantitative estimate of drug-likeness (QED) is 0.718. The standard InChI is InChI=1S/C10H12N2O3/c1-6-3-4-7(12-10(11)14)5-8(6)9(13)15-2/h3-5H,1-2H3,(H3,11,12,14). The lowest BCUT2D eigenvalue weighted by atomic mass is 10.1. The van der Waals surface area contributed by atoms with Crippen molar-refractivity contribution in [3.63, 3.8) is 0 Å². The average Bonchev–Trinajstić information content (AvgIpc) is 2.19. The number of anilines is 1. The Bertz CT molecular complexity index is 402. The predicted molar refractivity (Wildman–Crippen MR) is 55.7 cm³/mol. The fourth-order valence-corrected chi connectivity index (χ4v) is 1.17. The van der Waals surface area contributed by atoms with Crippen LogP contribution >= 0.6 is 0 Å². The molecule has 0 atom stereocenters. The van der Waals surface area contributed by atoms with Crippen LogP contribution in [0.5, 0.6) is 0 Å². The summed E-state index contributed by atoms with van der Waals surface area (Å²) in [5.41, 5.74) is 6.60. The van der Waals surface area contributed by atoms with E-state index in [-0.39, 0.29) is 0 Å². The Hall–Kier alpha value is -2.04. The molecule has 5 heteroatoms. The van der Waals surface area contributed by atoms with Gasteiger partial charge in [-0.2, -0.15) is 0 Å². The second kappa shape index (κ2) is 4.45. The van der Waals surface area contributed by atoms with Crippen molar-refractivity contribution in [1.82, 2.24) is 0 Å². The zero-order valence-electron chi connectivity index (χ0n) is 8.53. The molecule has 80 valence electrons. The molecule has 3 N–H and O–H groups in total. The van der Waals surface area contributed by atoms with Crippen molar-refractivity contribution in [2.24, 2.45) is 5.73 Å². The molecule has 2 amide bonds. The molecule has 0 radical (unpaired) electrons. The smallest absolute Gasteiger partial charge is 0.338 e. The van der Waals surface area contributed by atoms with Crippen LogP contribution in [0, 0.1) is 6.92 Å². The summed E-state index contributed by atoms with van der Waals surface area (Å²) in [6, 6.07) is 4.21. The monoisotopic (exact) mass is 208 g/mol. The SMILES string of the molecule is COC(=O)c1cc(NC(N)=O)ccc1C. The molecule has 0 aromatic heterocycles. The first-order valence-electron chi connectivity index (χ1n) is 4.30. The van der Waals surface area contributed by atoms with E-state index in [0.29, 0.717) is 11.3 Å². The van der Waals surface area contributed by atoms with E-state index in [9.17, 15) is 9.59 Å². The third kappa shape index (κ3) is 2.70. The zero-order valence-corrected chi connectivity index (χ0v) is 8.53. The van der Waals surface area contributed by atoms with Gasteiger partial charge in [0.1, 0.15) is 0 Å². The number of hydrogen-bond donors (Lipinski definition) is 2. The molecule has 0 unspecified atom stereocenters. The van der Waals surface area contributed by atoms with Crippen LogP contribution in [-0.4, -0.2) is 19.1 Å². The van der Waals surface area contributed by atoms with E-state index >= 15 is 0 Å². The van der Waals surface area contributed by atoms with Crippen molar-refractivity contribution in [3.8, 4) is 0 Å². The summed E-state index contributed by atoms with van der Waals surface area (Å²) in [6.07, 6.45) is 0. The fourth-order valence-electron chi connectivity index (χ4n) is 1.17. The molecule has 0 aliphatic heterocycles. The number of benzene rings is 1. The number of rotatable bonds is 2. The van der Waals surface area contributed by atoms with Gasteiger partial charge in [0, 0.05) is 5.69 Å². The van der Waals surface area contributed by atoms with E-state index in [1.807, 2.05) is 0 Å². The van der Waals surface area contributed by atoms with Crippen LogP contribution in [0.1, 0.15) is 15.9 Å². The maximum Gasteiger partial charge on any atom is 0.338 e. The van der Waals surface area contributed by atoms with Gasteiger partial charge < -0.3 is 15.8 Å². The molecule has 5 nitrogen and oxygen atoms in total. The van der Waals surface area contributed by atoms with Crippen LogP contribution in [0.3, 0.4) is 0 Å². The molecular formula is C10H12N2O3. The molecule has 0 heterocycles. The Balaban J connectivity index is 3.05. The molecule has 15 heavy (non-hydrogen) atoms. The fraction of sp³-hybridized carbons (Fsp3) is 0.200. The van der Waals surface area contributed by atoms with E-state index in [4.69, 9.17) is 5.73 Å². The van der Waals surface area contributed by atoms with Crippen molar-refractivity contribution < 1.29 is 14.3 Å². The Morgan fingerprint density at radius 1 is 1.40 bits per heavy atom. The first-order valence-corrected chi connectivity index (χ1v) is 4.30. The Morgan fingerprint density at radius 2 is 2.07 bits per heavy atom. The van der Waals surface area contributed by atoms with Gasteiger partial charge in [0.15, 0.2) is 0 Å². The van der Waals surface area contributed by atoms with Gasteiger partial charge in [-0.25, -0.2) is 9.59 Å². The van der Waals surface area contributed by atoms with Crippen LogP contribution in [0.4, 0.5) is 10.5 Å². The Labute approximate surface area is 87.2 Å². The van der Waals surface area contributed by atoms with Gasteiger partial charge in [0.05, 0.1) is 12.7 Å². The van der Waals surface area contributed by atoms with Crippen molar-refractivity contribution in [2.45, 2.75) is 6.92 Å². The van der Waals surface area contributed by atoms with Crippen molar-refractivity contribution in [1.29, 1.82) is 0 Å². The molecule has 1 rings (SSSR count). The van der Waals surface area contributed by atoms with E-state index in [1.165, 1.54) is 13.2 Å². The molecule has 1 aromatic rings. The van der Waals surface area contributed by atoms with Gasteiger partial charge in [-0.15, -0.1) is 0 Å². The molecule has 0 bridgehead atoms. The summed E-state index contributed by atoms with van der Waals surface area (Å²) < 4.78 is 4.59. The van der Waals surface area contributed by atoms with Gasteiger partial charge in [0.25, 0.3) is 0 Å².